The summed E-state index contributed by atoms with van der Waals surface area (Å²) in [6, 6.07) is 10.6. The van der Waals surface area contributed by atoms with Crippen molar-refractivity contribution in [1.29, 1.82) is 0 Å². The molecule has 4 nitrogen and oxygen atoms in total. The van der Waals surface area contributed by atoms with Crippen LogP contribution in [0.1, 0.15) is 42.4 Å². The van der Waals surface area contributed by atoms with Gasteiger partial charge in [-0.3, -0.25) is 9.48 Å². The zero-order valence-corrected chi connectivity index (χ0v) is 12.8. The lowest BCUT2D eigenvalue weighted by atomic mass is 9.87. The van der Waals surface area contributed by atoms with Crippen molar-refractivity contribution in [2.75, 3.05) is 0 Å². The molecule has 2 aromatic rings. The molecule has 0 bridgehead atoms. The second kappa shape index (κ2) is 6.37. The van der Waals surface area contributed by atoms with E-state index in [0.717, 1.165) is 5.56 Å². The molecule has 0 radical (unpaired) electrons. The van der Waals surface area contributed by atoms with Crippen LogP contribution in [-0.4, -0.2) is 15.7 Å². The maximum Gasteiger partial charge on any atom is 0.267 e. The molecule has 108 valence electrons. The molecule has 1 aromatic heterocycles. The predicted octanol–water partition coefficient (Wildman–Crippen LogP) is 2.81. The average Bonchev–Trinajstić information content (AvgIpc) is 2.70. The third-order valence-electron chi connectivity index (χ3n) is 2.99. The van der Waals surface area contributed by atoms with Gasteiger partial charge in [0.15, 0.2) is 0 Å². The number of nitrogens with zero attached hydrogens (tertiary/aromatic N) is 2. The first-order valence-corrected chi connectivity index (χ1v) is 6.57. The maximum absolute atomic E-state index is 10.7. The van der Waals surface area contributed by atoms with Crippen molar-refractivity contribution in [1.82, 2.24) is 9.78 Å². The summed E-state index contributed by atoms with van der Waals surface area (Å²) in [5, 5.41) is 3.85. The van der Waals surface area contributed by atoms with Gasteiger partial charge in [-0.2, -0.15) is 5.10 Å². The van der Waals surface area contributed by atoms with E-state index in [2.05, 4.69) is 56.2 Å². The Morgan fingerprint density at radius 3 is 2.00 bits per heavy atom. The van der Waals surface area contributed by atoms with Crippen molar-refractivity contribution in [3.8, 4) is 0 Å². The Kier molecular flexibility index (Phi) is 5.08. The fourth-order valence-electron chi connectivity index (χ4n) is 1.84. The van der Waals surface area contributed by atoms with Crippen molar-refractivity contribution < 1.29 is 4.79 Å². The van der Waals surface area contributed by atoms with Crippen molar-refractivity contribution in [3.05, 3.63) is 53.3 Å². The summed E-state index contributed by atoms with van der Waals surface area (Å²) in [5.74, 6) is -0.433. The molecule has 0 aliphatic rings. The van der Waals surface area contributed by atoms with E-state index < -0.39 is 5.91 Å². The van der Waals surface area contributed by atoms with Gasteiger partial charge in [0, 0.05) is 7.05 Å². The van der Waals surface area contributed by atoms with Crippen LogP contribution >= 0.6 is 0 Å². The molecule has 2 rings (SSSR count). The Balaban J connectivity index is 0.000000200. The van der Waals surface area contributed by atoms with Crippen LogP contribution in [0.4, 0.5) is 0 Å². The Bertz CT molecular complexity index is 546. The molecule has 0 unspecified atom stereocenters. The molecule has 20 heavy (non-hydrogen) atoms. The first-order chi connectivity index (χ1) is 9.23. The number of aromatic nitrogens is 2. The van der Waals surface area contributed by atoms with Crippen molar-refractivity contribution >= 4 is 5.91 Å². The molecule has 0 aliphatic carbocycles. The zero-order valence-electron chi connectivity index (χ0n) is 12.8. The van der Waals surface area contributed by atoms with E-state index in [9.17, 15) is 4.79 Å². The number of rotatable bonds is 1. The van der Waals surface area contributed by atoms with Gasteiger partial charge in [-0.15, -0.1) is 0 Å². The van der Waals surface area contributed by atoms with Crippen molar-refractivity contribution in [3.63, 3.8) is 0 Å². The molecular weight excluding hydrogens is 250 g/mol. The number of nitrogens with two attached hydrogens (primary N) is 1. The minimum atomic E-state index is -0.433. The van der Waals surface area contributed by atoms with Gasteiger partial charge in [0.1, 0.15) is 5.69 Å². The second-order valence-corrected chi connectivity index (χ2v) is 5.78. The lowest BCUT2D eigenvalue weighted by Gasteiger charge is -2.18. The second-order valence-electron chi connectivity index (χ2n) is 5.78. The summed E-state index contributed by atoms with van der Waals surface area (Å²) in [7, 11) is 1.69. The van der Waals surface area contributed by atoms with E-state index in [1.165, 1.54) is 10.2 Å². The first-order valence-electron chi connectivity index (χ1n) is 6.57. The molecule has 1 heterocycles. The highest BCUT2D eigenvalue weighted by atomic mass is 16.1. The minimum Gasteiger partial charge on any atom is -0.364 e. The number of hydrogen-bond donors (Lipinski definition) is 1. The molecular formula is C16H23N3O. The third-order valence-corrected chi connectivity index (χ3v) is 2.99. The van der Waals surface area contributed by atoms with Gasteiger partial charge in [0.2, 0.25) is 0 Å². The number of primary amides is 1. The number of amides is 1. The smallest absolute Gasteiger partial charge is 0.267 e. The van der Waals surface area contributed by atoms with Gasteiger partial charge in [-0.05, 0) is 23.5 Å². The van der Waals surface area contributed by atoms with E-state index in [1.807, 2.05) is 0 Å². The van der Waals surface area contributed by atoms with Gasteiger partial charge in [-0.25, -0.2) is 0 Å². The Labute approximate surface area is 120 Å². The molecule has 0 saturated carbocycles. The first kappa shape index (κ1) is 16.0. The Morgan fingerprint density at radius 2 is 1.75 bits per heavy atom. The molecule has 0 fully saturated rings. The van der Waals surface area contributed by atoms with E-state index in [4.69, 9.17) is 5.73 Å². The maximum atomic E-state index is 10.7. The fourth-order valence-corrected chi connectivity index (χ4v) is 1.84. The lowest BCUT2D eigenvalue weighted by molar-refractivity contribution is 0.0991. The Morgan fingerprint density at radius 1 is 1.20 bits per heavy atom. The van der Waals surface area contributed by atoms with Crippen LogP contribution in [0, 0.1) is 6.92 Å². The standard InChI is InChI=1S/C10H14.C6H9N3O/c1-10(2,3)9-7-5-4-6-8-9;1-4-3-8-9(2)5(4)6(7)10/h4-8H,1-3H3;3H,1-2H3,(H2,7,10). The van der Waals surface area contributed by atoms with E-state index in [0.29, 0.717) is 11.1 Å². The van der Waals surface area contributed by atoms with Crippen LogP contribution in [-0.2, 0) is 12.5 Å². The molecule has 0 atom stereocenters. The van der Waals surface area contributed by atoms with E-state index in [1.54, 1.807) is 20.2 Å². The molecule has 0 aliphatic heterocycles. The van der Waals surface area contributed by atoms with Crippen LogP contribution in [0.2, 0.25) is 0 Å². The fraction of sp³-hybridized carbons (Fsp3) is 0.375. The topological polar surface area (TPSA) is 60.9 Å². The Hall–Kier alpha value is -2.10. The van der Waals surface area contributed by atoms with Gasteiger partial charge < -0.3 is 5.73 Å². The average molecular weight is 273 g/mol. The molecule has 1 aromatic carbocycles. The number of aryl methyl sites for hydroxylation is 2. The summed E-state index contributed by atoms with van der Waals surface area (Å²) < 4.78 is 1.47. The summed E-state index contributed by atoms with van der Waals surface area (Å²) in [6.45, 7) is 8.47. The SMILES string of the molecule is CC(C)(C)c1ccccc1.Cc1cnn(C)c1C(N)=O. The van der Waals surface area contributed by atoms with Crippen LogP contribution in [0.25, 0.3) is 0 Å². The highest BCUT2D eigenvalue weighted by molar-refractivity contribution is 5.92. The van der Waals surface area contributed by atoms with E-state index >= 15 is 0 Å². The third kappa shape index (κ3) is 4.23. The predicted molar refractivity (Wildman–Crippen MR) is 81.6 cm³/mol. The van der Waals surface area contributed by atoms with Crippen LogP contribution < -0.4 is 5.73 Å². The van der Waals surface area contributed by atoms with Gasteiger partial charge in [0.05, 0.1) is 6.20 Å². The normalized spacial score (nSPS) is 10.7. The molecule has 4 heteroatoms. The molecule has 0 saturated heterocycles. The van der Waals surface area contributed by atoms with Crippen LogP contribution in [0.3, 0.4) is 0 Å². The zero-order chi connectivity index (χ0) is 15.3. The summed E-state index contributed by atoms with van der Waals surface area (Å²) >= 11 is 0. The van der Waals surface area contributed by atoms with Crippen LogP contribution in [0.5, 0.6) is 0 Å². The summed E-state index contributed by atoms with van der Waals surface area (Å²) in [6.07, 6.45) is 1.61. The van der Waals surface area contributed by atoms with Gasteiger partial charge in [0.25, 0.3) is 5.91 Å². The monoisotopic (exact) mass is 273 g/mol. The summed E-state index contributed by atoms with van der Waals surface area (Å²) in [4.78, 5) is 10.7. The summed E-state index contributed by atoms with van der Waals surface area (Å²) in [5.41, 5.74) is 8.04. The van der Waals surface area contributed by atoms with Crippen molar-refractivity contribution in [2.24, 2.45) is 12.8 Å². The number of carbonyl (C=O) groups is 1. The lowest BCUT2D eigenvalue weighted by Crippen LogP contribution is -2.16. The van der Waals surface area contributed by atoms with Gasteiger partial charge in [-0.1, -0.05) is 51.1 Å². The largest absolute Gasteiger partial charge is 0.364 e. The van der Waals surface area contributed by atoms with Crippen molar-refractivity contribution in [2.45, 2.75) is 33.1 Å². The molecule has 2 N–H and O–H groups in total. The highest BCUT2D eigenvalue weighted by Gasteiger charge is 2.11. The number of carbonyl (C=O) groups excluding carboxylic acids is 1. The van der Waals surface area contributed by atoms with Gasteiger partial charge >= 0.3 is 0 Å². The molecule has 1 amide bonds. The van der Waals surface area contributed by atoms with Crippen LogP contribution in [0.15, 0.2) is 36.5 Å². The quantitative estimate of drug-likeness (QED) is 0.868. The van der Waals surface area contributed by atoms with E-state index in [-0.39, 0.29) is 0 Å². The highest BCUT2D eigenvalue weighted by Crippen LogP contribution is 2.20. The minimum absolute atomic E-state index is 0.293. The molecule has 0 spiro atoms. The number of benzene rings is 1. The number of hydrogen-bond acceptors (Lipinski definition) is 2.